The molecule has 0 N–H and O–H groups in total. The average Bonchev–Trinajstić information content (AvgIpc) is 2.92. The molecule has 116 valence electrons. The molecule has 1 saturated heterocycles. The molecule has 0 bridgehead atoms. The Labute approximate surface area is 132 Å². The Kier molecular flexibility index (Phi) is 3.46. The third-order valence-corrected chi connectivity index (χ3v) is 4.60. The van der Waals surface area contributed by atoms with Crippen LogP contribution in [0.1, 0.15) is 38.8 Å². The van der Waals surface area contributed by atoms with E-state index in [4.69, 9.17) is 9.31 Å². The molecule has 0 aliphatic carbocycles. The summed E-state index contributed by atoms with van der Waals surface area (Å²) in [6.07, 6.45) is 3.80. The molecule has 0 amide bonds. The second kappa shape index (κ2) is 4.96. The minimum Gasteiger partial charge on any atom is -0.399 e. The third-order valence-electron chi connectivity index (χ3n) is 4.60. The van der Waals surface area contributed by atoms with Crippen molar-refractivity contribution in [2.75, 3.05) is 0 Å². The Bertz CT molecular complexity index is 670. The smallest absolute Gasteiger partial charge is 0.399 e. The highest BCUT2D eigenvalue weighted by Gasteiger charge is 2.52. The van der Waals surface area contributed by atoms with Crippen LogP contribution in [-0.4, -0.2) is 28.1 Å². The second-order valence-corrected chi connectivity index (χ2v) is 7.15. The van der Waals surface area contributed by atoms with Crippen molar-refractivity contribution >= 4 is 12.6 Å². The molecular formula is C17H23BN2O2. The zero-order valence-electron chi connectivity index (χ0n) is 14.2. The zero-order chi connectivity index (χ0) is 16.1. The summed E-state index contributed by atoms with van der Waals surface area (Å²) < 4.78 is 14.0. The van der Waals surface area contributed by atoms with E-state index < -0.39 is 0 Å². The fourth-order valence-corrected chi connectivity index (χ4v) is 2.66. The van der Waals surface area contributed by atoms with E-state index in [-0.39, 0.29) is 18.3 Å². The maximum atomic E-state index is 6.07. The number of rotatable bonds is 2. The third kappa shape index (κ3) is 2.59. The van der Waals surface area contributed by atoms with Crippen molar-refractivity contribution in [2.24, 2.45) is 0 Å². The fourth-order valence-electron chi connectivity index (χ4n) is 2.66. The number of hydrogen-bond acceptors (Lipinski definition) is 3. The van der Waals surface area contributed by atoms with Crippen LogP contribution < -0.4 is 5.46 Å². The molecule has 0 saturated carbocycles. The second-order valence-electron chi connectivity index (χ2n) is 7.15. The van der Waals surface area contributed by atoms with Gasteiger partial charge in [-0.25, -0.2) is 4.68 Å². The highest BCUT2D eigenvalue weighted by atomic mass is 16.7. The van der Waals surface area contributed by atoms with Gasteiger partial charge in [-0.05, 0) is 64.8 Å². The number of aryl methyl sites for hydroxylation is 2. The Balaban J connectivity index is 1.89. The lowest BCUT2D eigenvalue weighted by Gasteiger charge is -2.32. The van der Waals surface area contributed by atoms with Gasteiger partial charge in [0.05, 0.1) is 16.9 Å². The standard InChI is InChI=1S/C17H23BN2O2/c1-12-7-13(2)9-15(8-12)20-11-14(10-19-20)18-21-16(3,4)17(5,6)22-18/h7-11H,1-6H3. The molecule has 1 fully saturated rings. The predicted molar refractivity (Wildman–Crippen MR) is 88.8 cm³/mol. The van der Waals surface area contributed by atoms with Crippen LogP contribution in [0.15, 0.2) is 30.6 Å². The summed E-state index contributed by atoms with van der Waals surface area (Å²) in [5.41, 5.74) is 3.78. The highest BCUT2D eigenvalue weighted by molar-refractivity contribution is 6.62. The van der Waals surface area contributed by atoms with Gasteiger partial charge in [0, 0.05) is 17.9 Å². The van der Waals surface area contributed by atoms with Gasteiger partial charge in [0.1, 0.15) is 0 Å². The fraction of sp³-hybridized carbons (Fsp3) is 0.471. The van der Waals surface area contributed by atoms with Crippen LogP contribution in [0.25, 0.3) is 5.69 Å². The summed E-state index contributed by atoms with van der Waals surface area (Å²) in [5.74, 6) is 0. The van der Waals surface area contributed by atoms with Crippen LogP contribution in [0, 0.1) is 13.8 Å². The van der Waals surface area contributed by atoms with Crippen LogP contribution in [0.4, 0.5) is 0 Å². The van der Waals surface area contributed by atoms with Crippen molar-refractivity contribution in [2.45, 2.75) is 52.7 Å². The molecule has 2 heterocycles. The highest BCUT2D eigenvalue weighted by Crippen LogP contribution is 2.36. The van der Waals surface area contributed by atoms with E-state index in [9.17, 15) is 0 Å². The van der Waals surface area contributed by atoms with Crippen molar-refractivity contribution in [3.63, 3.8) is 0 Å². The van der Waals surface area contributed by atoms with Gasteiger partial charge in [0.25, 0.3) is 0 Å². The topological polar surface area (TPSA) is 36.3 Å². The molecule has 0 radical (unpaired) electrons. The molecule has 2 aromatic rings. The van der Waals surface area contributed by atoms with Crippen LogP contribution in [0.3, 0.4) is 0 Å². The van der Waals surface area contributed by atoms with Gasteiger partial charge >= 0.3 is 7.12 Å². The summed E-state index contributed by atoms with van der Waals surface area (Å²) >= 11 is 0. The van der Waals surface area contributed by atoms with Gasteiger partial charge in [-0.3, -0.25) is 0 Å². The van der Waals surface area contributed by atoms with E-state index in [2.05, 4.69) is 64.8 Å². The van der Waals surface area contributed by atoms with Gasteiger partial charge in [-0.1, -0.05) is 6.07 Å². The van der Waals surface area contributed by atoms with Crippen LogP contribution >= 0.6 is 0 Å². The Morgan fingerprint density at radius 3 is 2.05 bits per heavy atom. The largest absolute Gasteiger partial charge is 0.498 e. The average molecular weight is 298 g/mol. The molecule has 0 spiro atoms. The first-order valence-corrected chi connectivity index (χ1v) is 7.67. The van der Waals surface area contributed by atoms with Crippen molar-refractivity contribution < 1.29 is 9.31 Å². The van der Waals surface area contributed by atoms with Gasteiger partial charge in [-0.15, -0.1) is 0 Å². The summed E-state index contributed by atoms with van der Waals surface area (Å²) in [7, 11) is -0.371. The first-order valence-electron chi connectivity index (χ1n) is 7.67. The monoisotopic (exact) mass is 298 g/mol. The molecular weight excluding hydrogens is 275 g/mol. The lowest BCUT2D eigenvalue weighted by Crippen LogP contribution is -2.41. The number of hydrogen-bond donors (Lipinski definition) is 0. The lowest BCUT2D eigenvalue weighted by molar-refractivity contribution is 0.00578. The lowest BCUT2D eigenvalue weighted by atomic mass is 9.82. The van der Waals surface area contributed by atoms with Gasteiger partial charge in [0.2, 0.25) is 0 Å². The van der Waals surface area contributed by atoms with E-state index in [1.165, 1.54) is 11.1 Å². The van der Waals surface area contributed by atoms with Crippen molar-refractivity contribution in [3.05, 3.63) is 41.7 Å². The summed E-state index contributed by atoms with van der Waals surface area (Å²) in [5, 5.41) is 4.47. The molecule has 1 aromatic heterocycles. The molecule has 5 heteroatoms. The van der Waals surface area contributed by atoms with E-state index >= 15 is 0 Å². The molecule has 4 nitrogen and oxygen atoms in total. The van der Waals surface area contributed by atoms with E-state index in [0.717, 1.165) is 11.2 Å². The molecule has 1 aromatic carbocycles. The quantitative estimate of drug-likeness (QED) is 0.800. The summed E-state index contributed by atoms with van der Waals surface area (Å²) in [4.78, 5) is 0. The van der Waals surface area contributed by atoms with Gasteiger partial charge < -0.3 is 9.31 Å². The molecule has 0 unspecified atom stereocenters. The van der Waals surface area contributed by atoms with Crippen LogP contribution in [-0.2, 0) is 9.31 Å². The van der Waals surface area contributed by atoms with E-state index in [1.807, 2.05) is 17.1 Å². The molecule has 1 aliphatic rings. The van der Waals surface area contributed by atoms with Crippen molar-refractivity contribution in [3.8, 4) is 5.69 Å². The minimum atomic E-state index is -0.371. The Hall–Kier alpha value is -1.59. The molecule has 1 aliphatic heterocycles. The molecule has 3 rings (SSSR count). The summed E-state index contributed by atoms with van der Waals surface area (Å²) in [6.45, 7) is 12.4. The molecule has 22 heavy (non-hydrogen) atoms. The van der Waals surface area contributed by atoms with Gasteiger partial charge in [0.15, 0.2) is 0 Å². The van der Waals surface area contributed by atoms with Crippen molar-refractivity contribution in [1.29, 1.82) is 0 Å². The first-order chi connectivity index (χ1) is 10.2. The predicted octanol–water partition coefficient (Wildman–Crippen LogP) is 2.79. The van der Waals surface area contributed by atoms with Crippen LogP contribution in [0.2, 0.25) is 0 Å². The number of nitrogens with zero attached hydrogens (tertiary/aromatic N) is 2. The maximum Gasteiger partial charge on any atom is 0.498 e. The first kappa shape index (κ1) is 15.3. The van der Waals surface area contributed by atoms with Gasteiger partial charge in [-0.2, -0.15) is 5.10 Å². The zero-order valence-corrected chi connectivity index (χ0v) is 14.2. The normalized spacial score (nSPS) is 19.6. The molecule has 0 atom stereocenters. The minimum absolute atomic E-state index is 0.334. The number of aromatic nitrogens is 2. The van der Waals surface area contributed by atoms with Crippen LogP contribution in [0.5, 0.6) is 0 Å². The SMILES string of the molecule is Cc1cc(C)cc(-n2cc(B3OC(C)(C)C(C)(C)O3)cn2)c1. The summed E-state index contributed by atoms with van der Waals surface area (Å²) in [6, 6.07) is 6.39. The van der Waals surface area contributed by atoms with E-state index in [1.54, 1.807) is 0 Å². The Morgan fingerprint density at radius 1 is 0.955 bits per heavy atom. The van der Waals surface area contributed by atoms with E-state index in [0.29, 0.717) is 0 Å². The Morgan fingerprint density at radius 2 is 1.50 bits per heavy atom. The van der Waals surface area contributed by atoms with Crippen molar-refractivity contribution in [1.82, 2.24) is 9.78 Å². The number of benzene rings is 1. The maximum absolute atomic E-state index is 6.07.